The van der Waals surface area contributed by atoms with Crippen LogP contribution in [0.3, 0.4) is 0 Å². The summed E-state index contributed by atoms with van der Waals surface area (Å²) in [5, 5.41) is 5.93. The molecule has 2 aromatic rings. The van der Waals surface area contributed by atoms with Crippen molar-refractivity contribution < 1.29 is 18.7 Å². The summed E-state index contributed by atoms with van der Waals surface area (Å²) in [5.41, 5.74) is 0.881. The van der Waals surface area contributed by atoms with Gasteiger partial charge in [-0.1, -0.05) is 11.6 Å². The third kappa shape index (κ3) is 4.15. The molecule has 0 unspecified atom stereocenters. The van der Waals surface area contributed by atoms with Gasteiger partial charge in [0.05, 0.1) is 30.2 Å². The molecule has 1 saturated heterocycles. The lowest BCUT2D eigenvalue weighted by molar-refractivity contribution is -0.118. The number of benzene rings is 1. The average molecular weight is 349 g/mol. The molecule has 1 fully saturated rings. The maximum Gasteiger partial charge on any atom is 0.291 e. The van der Waals surface area contributed by atoms with Crippen molar-refractivity contribution in [2.24, 2.45) is 0 Å². The zero-order chi connectivity index (χ0) is 16.9. The minimum Gasteiger partial charge on any atom is -0.459 e. The van der Waals surface area contributed by atoms with E-state index in [-0.39, 0.29) is 24.2 Å². The Kier molecular flexibility index (Phi) is 5.17. The largest absolute Gasteiger partial charge is 0.459 e. The van der Waals surface area contributed by atoms with Crippen LogP contribution in [0.4, 0.5) is 11.4 Å². The molecule has 3 rings (SSSR count). The summed E-state index contributed by atoms with van der Waals surface area (Å²) >= 11 is 5.99. The van der Waals surface area contributed by atoms with Crippen molar-refractivity contribution in [2.75, 3.05) is 17.2 Å². The third-order valence-corrected chi connectivity index (χ3v) is 3.92. The highest BCUT2D eigenvalue weighted by Crippen LogP contribution is 2.27. The monoisotopic (exact) mass is 348 g/mol. The molecule has 0 radical (unpaired) electrons. The summed E-state index contributed by atoms with van der Waals surface area (Å²) in [7, 11) is 0. The fraction of sp³-hybridized carbons (Fsp3) is 0.294. The molecule has 1 aliphatic heterocycles. The number of amides is 2. The van der Waals surface area contributed by atoms with Gasteiger partial charge in [0.1, 0.15) is 0 Å². The molecule has 2 N–H and O–H groups in total. The van der Waals surface area contributed by atoms with E-state index in [1.807, 2.05) is 0 Å². The SMILES string of the molecule is O=C(C[C@H]1CCCO1)Nc1ccc(Cl)cc1NC(=O)c1ccco1. The lowest BCUT2D eigenvalue weighted by Crippen LogP contribution is -2.20. The maximum absolute atomic E-state index is 12.2. The van der Waals surface area contributed by atoms with E-state index in [9.17, 15) is 9.59 Å². The smallest absolute Gasteiger partial charge is 0.291 e. The Morgan fingerprint density at radius 2 is 2.08 bits per heavy atom. The van der Waals surface area contributed by atoms with Crippen LogP contribution in [-0.2, 0) is 9.53 Å². The van der Waals surface area contributed by atoms with Gasteiger partial charge in [-0.2, -0.15) is 0 Å². The van der Waals surface area contributed by atoms with Gasteiger partial charge in [0, 0.05) is 11.6 Å². The van der Waals surface area contributed by atoms with Crippen molar-refractivity contribution in [1.29, 1.82) is 0 Å². The third-order valence-electron chi connectivity index (χ3n) is 3.69. The molecule has 0 bridgehead atoms. The van der Waals surface area contributed by atoms with Gasteiger partial charge in [-0.05, 0) is 43.2 Å². The number of furan rings is 1. The highest BCUT2D eigenvalue weighted by molar-refractivity contribution is 6.31. The van der Waals surface area contributed by atoms with Gasteiger partial charge >= 0.3 is 0 Å². The van der Waals surface area contributed by atoms with E-state index in [0.717, 1.165) is 12.8 Å². The predicted molar refractivity (Wildman–Crippen MR) is 90.3 cm³/mol. The number of hydrogen-bond donors (Lipinski definition) is 2. The van der Waals surface area contributed by atoms with Crippen molar-refractivity contribution in [1.82, 2.24) is 0 Å². The van der Waals surface area contributed by atoms with E-state index in [4.69, 9.17) is 20.8 Å². The molecule has 2 amide bonds. The van der Waals surface area contributed by atoms with Crippen LogP contribution in [0.2, 0.25) is 5.02 Å². The van der Waals surface area contributed by atoms with Gasteiger partial charge in [-0.3, -0.25) is 9.59 Å². The van der Waals surface area contributed by atoms with Crippen molar-refractivity contribution >= 4 is 34.8 Å². The van der Waals surface area contributed by atoms with E-state index < -0.39 is 5.91 Å². The molecule has 0 saturated carbocycles. The Morgan fingerprint density at radius 1 is 1.21 bits per heavy atom. The average Bonchev–Trinajstić information content (AvgIpc) is 3.23. The number of rotatable bonds is 5. The Bertz CT molecular complexity index is 724. The maximum atomic E-state index is 12.2. The van der Waals surface area contributed by atoms with E-state index in [0.29, 0.717) is 23.0 Å². The van der Waals surface area contributed by atoms with Crippen molar-refractivity contribution in [3.63, 3.8) is 0 Å². The first kappa shape index (κ1) is 16.5. The standard InChI is InChI=1S/C17H17ClN2O4/c18-11-5-6-13(19-16(21)10-12-3-1-7-23-12)14(9-11)20-17(22)15-4-2-8-24-15/h2,4-6,8-9,12H,1,3,7,10H2,(H,19,21)(H,20,22)/t12-/m1/s1. The molecule has 0 spiro atoms. The van der Waals surface area contributed by atoms with Gasteiger partial charge in [-0.15, -0.1) is 0 Å². The number of anilines is 2. The quantitative estimate of drug-likeness (QED) is 0.863. The molecule has 24 heavy (non-hydrogen) atoms. The lowest BCUT2D eigenvalue weighted by Gasteiger charge is -2.14. The van der Waals surface area contributed by atoms with Crippen LogP contribution in [-0.4, -0.2) is 24.5 Å². The van der Waals surface area contributed by atoms with E-state index in [2.05, 4.69) is 10.6 Å². The van der Waals surface area contributed by atoms with Gasteiger partial charge in [-0.25, -0.2) is 0 Å². The van der Waals surface area contributed by atoms with Crippen LogP contribution in [0.1, 0.15) is 29.8 Å². The van der Waals surface area contributed by atoms with Gasteiger partial charge in [0.15, 0.2) is 5.76 Å². The molecular weight excluding hydrogens is 332 g/mol. The molecule has 2 heterocycles. The van der Waals surface area contributed by atoms with Crippen LogP contribution in [0.25, 0.3) is 0 Å². The van der Waals surface area contributed by atoms with Crippen molar-refractivity contribution in [3.05, 3.63) is 47.4 Å². The van der Waals surface area contributed by atoms with Gasteiger partial charge < -0.3 is 19.8 Å². The molecule has 1 aliphatic rings. The first-order valence-corrected chi connectivity index (χ1v) is 8.05. The molecule has 126 valence electrons. The summed E-state index contributed by atoms with van der Waals surface area (Å²) < 4.78 is 10.5. The topological polar surface area (TPSA) is 80.6 Å². The zero-order valence-electron chi connectivity index (χ0n) is 12.9. The Morgan fingerprint density at radius 3 is 2.79 bits per heavy atom. The minimum absolute atomic E-state index is 0.0431. The first-order valence-electron chi connectivity index (χ1n) is 7.67. The minimum atomic E-state index is -0.420. The van der Waals surface area contributed by atoms with Crippen LogP contribution < -0.4 is 10.6 Å². The second kappa shape index (κ2) is 7.51. The second-order valence-corrected chi connectivity index (χ2v) is 5.95. The molecule has 1 atom stereocenters. The summed E-state index contributed by atoms with van der Waals surface area (Å²) in [4.78, 5) is 24.3. The molecular formula is C17H17ClN2O4. The van der Waals surface area contributed by atoms with Crippen LogP contribution in [0.5, 0.6) is 0 Å². The van der Waals surface area contributed by atoms with Crippen molar-refractivity contribution in [2.45, 2.75) is 25.4 Å². The Hall–Kier alpha value is -2.31. The molecule has 6 nitrogen and oxygen atoms in total. The predicted octanol–water partition coefficient (Wildman–Crippen LogP) is 3.69. The summed E-state index contributed by atoms with van der Waals surface area (Å²) in [5.74, 6) is -0.416. The highest BCUT2D eigenvalue weighted by atomic mass is 35.5. The zero-order valence-corrected chi connectivity index (χ0v) is 13.6. The van der Waals surface area contributed by atoms with Crippen LogP contribution >= 0.6 is 11.6 Å². The normalized spacial score (nSPS) is 16.8. The van der Waals surface area contributed by atoms with Crippen molar-refractivity contribution in [3.8, 4) is 0 Å². The fourth-order valence-electron chi connectivity index (χ4n) is 2.53. The number of hydrogen-bond acceptors (Lipinski definition) is 4. The Labute approximate surface area is 144 Å². The number of halogens is 1. The van der Waals surface area contributed by atoms with E-state index in [1.165, 1.54) is 6.26 Å². The molecule has 7 heteroatoms. The van der Waals surface area contributed by atoms with Gasteiger partial charge in [0.25, 0.3) is 5.91 Å². The summed E-state index contributed by atoms with van der Waals surface area (Å²) in [6.45, 7) is 0.698. The van der Waals surface area contributed by atoms with Crippen LogP contribution in [0.15, 0.2) is 41.0 Å². The van der Waals surface area contributed by atoms with E-state index in [1.54, 1.807) is 30.3 Å². The van der Waals surface area contributed by atoms with E-state index >= 15 is 0 Å². The second-order valence-electron chi connectivity index (χ2n) is 5.51. The molecule has 1 aromatic carbocycles. The number of carbonyl (C=O) groups excluding carboxylic acids is 2. The number of carbonyl (C=O) groups is 2. The summed E-state index contributed by atoms with van der Waals surface area (Å²) in [6, 6.07) is 8.04. The number of nitrogens with one attached hydrogen (secondary N) is 2. The highest BCUT2D eigenvalue weighted by Gasteiger charge is 2.20. The first-order chi connectivity index (χ1) is 11.6. The van der Waals surface area contributed by atoms with Crippen LogP contribution in [0, 0.1) is 0 Å². The molecule has 1 aromatic heterocycles. The fourth-order valence-corrected chi connectivity index (χ4v) is 2.71. The number of ether oxygens (including phenoxy) is 1. The Balaban J connectivity index is 1.70. The molecule has 0 aliphatic carbocycles. The lowest BCUT2D eigenvalue weighted by atomic mass is 10.1. The van der Waals surface area contributed by atoms with Gasteiger partial charge in [0.2, 0.25) is 5.91 Å². The summed E-state index contributed by atoms with van der Waals surface area (Å²) in [6.07, 6.45) is 3.52.